The fourth-order valence-electron chi connectivity index (χ4n) is 3.40. The molecule has 1 aliphatic rings. The molecule has 1 aliphatic carbocycles. The Morgan fingerprint density at radius 1 is 1.05 bits per heavy atom. The molecule has 3 heteroatoms. The molecule has 2 rings (SSSR count). The van der Waals surface area contributed by atoms with Gasteiger partial charge in [0.2, 0.25) is 0 Å². The number of rotatable bonds is 5. The van der Waals surface area contributed by atoms with Crippen LogP contribution in [0.1, 0.15) is 62.2 Å². The minimum absolute atomic E-state index is 0.409. The van der Waals surface area contributed by atoms with Gasteiger partial charge in [0.1, 0.15) is 0 Å². The fraction of sp³-hybridized carbons (Fsp3) is 0.667. The molecule has 1 saturated carbocycles. The van der Waals surface area contributed by atoms with E-state index in [-0.39, 0.29) is 0 Å². The molecule has 0 radical (unpaired) electrons. The van der Waals surface area contributed by atoms with E-state index in [9.17, 15) is 5.11 Å². The Kier molecular flexibility index (Phi) is 5.92. The molecule has 0 heterocycles. The highest BCUT2D eigenvalue weighted by atomic mass is 16.5. The fourth-order valence-corrected chi connectivity index (χ4v) is 3.40. The van der Waals surface area contributed by atoms with Crippen LogP contribution in [0.15, 0.2) is 12.1 Å². The highest BCUT2D eigenvalue weighted by molar-refractivity contribution is 5.47. The van der Waals surface area contributed by atoms with Gasteiger partial charge in [-0.05, 0) is 42.5 Å². The topological polar surface area (TPSA) is 38.7 Å². The Morgan fingerprint density at radius 3 is 2.19 bits per heavy atom. The average molecular weight is 292 g/mol. The molecule has 0 amide bonds. The summed E-state index contributed by atoms with van der Waals surface area (Å²) in [5.41, 5.74) is 2.03. The van der Waals surface area contributed by atoms with Crippen molar-refractivity contribution in [2.24, 2.45) is 5.92 Å². The molecule has 0 bridgehead atoms. The van der Waals surface area contributed by atoms with Crippen LogP contribution in [0.5, 0.6) is 11.5 Å². The van der Waals surface area contributed by atoms with E-state index in [0.29, 0.717) is 11.7 Å². The summed E-state index contributed by atoms with van der Waals surface area (Å²) in [5.74, 6) is 2.06. The first-order chi connectivity index (χ1) is 10.2. The molecular weight excluding hydrogens is 264 g/mol. The van der Waals surface area contributed by atoms with Crippen molar-refractivity contribution in [1.82, 2.24) is 0 Å². The lowest BCUT2D eigenvalue weighted by Gasteiger charge is -2.21. The normalized spacial score (nSPS) is 18.1. The molecule has 1 fully saturated rings. The molecule has 1 N–H and O–H groups in total. The molecule has 0 aromatic heterocycles. The van der Waals surface area contributed by atoms with Crippen LogP contribution in [0.3, 0.4) is 0 Å². The maximum absolute atomic E-state index is 10.6. The van der Waals surface area contributed by atoms with Gasteiger partial charge in [0.05, 0.1) is 20.3 Å². The maximum Gasteiger partial charge on any atom is 0.161 e. The van der Waals surface area contributed by atoms with Crippen molar-refractivity contribution >= 4 is 0 Å². The molecule has 1 unspecified atom stereocenters. The van der Waals surface area contributed by atoms with E-state index in [2.05, 4.69) is 0 Å². The highest BCUT2D eigenvalue weighted by Gasteiger charge is 2.20. The zero-order valence-electron chi connectivity index (χ0n) is 13.5. The number of ether oxygens (including phenoxy) is 2. The van der Waals surface area contributed by atoms with Gasteiger partial charge in [-0.25, -0.2) is 0 Å². The zero-order valence-corrected chi connectivity index (χ0v) is 13.5. The van der Waals surface area contributed by atoms with E-state index >= 15 is 0 Å². The first-order valence-corrected chi connectivity index (χ1v) is 8.06. The van der Waals surface area contributed by atoms with Gasteiger partial charge in [-0.15, -0.1) is 0 Å². The quantitative estimate of drug-likeness (QED) is 0.817. The van der Waals surface area contributed by atoms with Crippen molar-refractivity contribution in [1.29, 1.82) is 0 Å². The van der Waals surface area contributed by atoms with Crippen LogP contribution in [-0.4, -0.2) is 19.3 Å². The van der Waals surface area contributed by atoms with Crippen LogP contribution < -0.4 is 9.47 Å². The minimum Gasteiger partial charge on any atom is -0.493 e. The third-order valence-corrected chi connectivity index (χ3v) is 4.66. The standard InChI is InChI=1S/C18H28O3/c1-13-10-17(20-2)18(21-3)12-15(13)16(19)11-14-8-6-4-5-7-9-14/h10,12,14,16,19H,4-9,11H2,1-3H3. The number of aryl methyl sites for hydroxylation is 1. The molecule has 3 nitrogen and oxygen atoms in total. The minimum atomic E-state index is -0.409. The van der Waals surface area contributed by atoms with E-state index in [1.165, 1.54) is 38.5 Å². The summed E-state index contributed by atoms with van der Waals surface area (Å²) in [6.45, 7) is 2.02. The molecule has 1 atom stereocenters. The second-order valence-corrected chi connectivity index (χ2v) is 6.17. The summed E-state index contributed by atoms with van der Waals surface area (Å²) >= 11 is 0. The van der Waals surface area contributed by atoms with Crippen LogP contribution in [0.4, 0.5) is 0 Å². The van der Waals surface area contributed by atoms with Crippen LogP contribution in [0.25, 0.3) is 0 Å². The Labute approximate surface area is 128 Å². The monoisotopic (exact) mass is 292 g/mol. The second kappa shape index (κ2) is 7.69. The largest absolute Gasteiger partial charge is 0.493 e. The number of methoxy groups -OCH3 is 2. The van der Waals surface area contributed by atoms with Gasteiger partial charge >= 0.3 is 0 Å². The molecule has 0 spiro atoms. The van der Waals surface area contributed by atoms with Crippen molar-refractivity contribution in [2.75, 3.05) is 14.2 Å². The highest BCUT2D eigenvalue weighted by Crippen LogP contribution is 2.36. The van der Waals surface area contributed by atoms with Gasteiger partial charge in [0.25, 0.3) is 0 Å². The lowest BCUT2D eigenvalue weighted by molar-refractivity contribution is 0.138. The van der Waals surface area contributed by atoms with E-state index in [1.807, 2.05) is 19.1 Å². The van der Waals surface area contributed by atoms with E-state index in [1.54, 1.807) is 14.2 Å². The first kappa shape index (κ1) is 16.2. The number of benzene rings is 1. The molecule has 118 valence electrons. The van der Waals surface area contributed by atoms with E-state index in [4.69, 9.17) is 9.47 Å². The van der Waals surface area contributed by atoms with Gasteiger partial charge in [-0.2, -0.15) is 0 Å². The molecule has 0 aliphatic heterocycles. The predicted molar refractivity (Wildman–Crippen MR) is 85.1 cm³/mol. The Hall–Kier alpha value is -1.22. The van der Waals surface area contributed by atoms with Gasteiger partial charge in [-0.3, -0.25) is 0 Å². The summed E-state index contributed by atoms with van der Waals surface area (Å²) in [5, 5.41) is 10.6. The molecule has 21 heavy (non-hydrogen) atoms. The van der Waals surface area contributed by atoms with Crippen molar-refractivity contribution < 1.29 is 14.6 Å². The van der Waals surface area contributed by atoms with Crippen molar-refractivity contribution in [3.05, 3.63) is 23.3 Å². The zero-order chi connectivity index (χ0) is 15.2. The summed E-state index contributed by atoms with van der Waals surface area (Å²) < 4.78 is 10.7. The number of hydrogen-bond donors (Lipinski definition) is 1. The first-order valence-electron chi connectivity index (χ1n) is 8.06. The number of aliphatic hydroxyl groups excluding tert-OH is 1. The number of aliphatic hydroxyl groups is 1. The van der Waals surface area contributed by atoms with Gasteiger partial charge in [-0.1, -0.05) is 38.5 Å². The molecule has 1 aromatic rings. The third-order valence-electron chi connectivity index (χ3n) is 4.66. The Morgan fingerprint density at radius 2 is 1.62 bits per heavy atom. The van der Waals surface area contributed by atoms with Crippen LogP contribution in [0.2, 0.25) is 0 Å². The van der Waals surface area contributed by atoms with Crippen molar-refractivity contribution in [3.8, 4) is 11.5 Å². The Balaban J connectivity index is 2.12. The molecular formula is C18H28O3. The summed E-state index contributed by atoms with van der Waals surface area (Å²) in [7, 11) is 3.27. The van der Waals surface area contributed by atoms with Gasteiger partial charge in [0.15, 0.2) is 11.5 Å². The predicted octanol–water partition coefficient (Wildman–Crippen LogP) is 4.41. The van der Waals surface area contributed by atoms with Gasteiger partial charge < -0.3 is 14.6 Å². The van der Waals surface area contributed by atoms with Crippen LogP contribution >= 0.6 is 0 Å². The molecule has 0 saturated heterocycles. The maximum atomic E-state index is 10.6. The lowest BCUT2D eigenvalue weighted by atomic mass is 9.89. The number of hydrogen-bond acceptors (Lipinski definition) is 3. The second-order valence-electron chi connectivity index (χ2n) is 6.17. The van der Waals surface area contributed by atoms with E-state index < -0.39 is 6.10 Å². The average Bonchev–Trinajstić information content (AvgIpc) is 2.75. The smallest absolute Gasteiger partial charge is 0.161 e. The van der Waals surface area contributed by atoms with Gasteiger partial charge in [0, 0.05) is 0 Å². The Bertz CT molecular complexity index is 448. The summed E-state index contributed by atoms with van der Waals surface area (Å²) in [4.78, 5) is 0. The molecule has 1 aromatic carbocycles. The third kappa shape index (κ3) is 4.13. The van der Waals surface area contributed by atoms with Crippen LogP contribution in [0, 0.1) is 12.8 Å². The summed E-state index contributed by atoms with van der Waals surface area (Å²) in [6, 6.07) is 3.88. The van der Waals surface area contributed by atoms with Crippen molar-refractivity contribution in [2.45, 2.75) is 58.0 Å². The van der Waals surface area contributed by atoms with E-state index in [0.717, 1.165) is 23.3 Å². The van der Waals surface area contributed by atoms with Crippen molar-refractivity contribution in [3.63, 3.8) is 0 Å². The SMILES string of the molecule is COc1cc(C)c(C(O)CC2CCCCCC2)cc1OC. The summed E-state index contributed by atoms with van der Waals surface area (Å²) in [6.07, 6.45) is 8.27. The lowest BCUT2D eigenvalue weighted by Crippen LogP contribution is -2.09. The van der Waals surface area contributed by atoms with Crippen LogP contribution in [-0.2, 0) is 0 Å².